The van der Waals surface area contributed by atoms with Crippen LogP contribution in [-0.4, -0.2) is 30.1 Å². The molecule has 0 aliphatic heterocycles. The first-order valence-electron chi connectivity index (χ1n) is 8.61. The first-order valence-corrected chi connectivity index (χ1v) is 8.61. The van der Waals surface area contributed by atoms with Crippen LogP contribution >= 0.6 is 0 Å². The lowest BCUT2D eigenvalue weighted by molar-refractivity contribution is -0.120. The van der Waals surface area contributed by atoms with Crippen molar-refractivity contribution in [1.29, 1.82) is 0 Å². The predicted molar refractivity (Wildman–Crippen MR) is 93.6 cm³/mol. The summed E-state index contributed by atoms with van der Waals surface area (Å²) in [5, 5.41) is 6.61. The van der Waals surface area contributed by atoms with E-state index in [0.29, 0.717) is 18.5 Å². The number of aryl methyl sites for hydroxylation is 1. The van der Waals surface area contributed by atoms with Gasteiger partial charge in [-0.2, -0.15) is 0 Å². The number of hydrogen-bond donors (Lipinski definition) is 2. The third-order valence-electron chi connectivity index (χ3n) is 3.98. The van der Waals surface area contributed by atoms with Gasteiger partial charge in [0.1, 0.15) is 0 Å². The van der Waals surface area contributed by atoms with Gasteiger partial charge in [0.15, 0.2) is 0 Å². The number of ether oxygens (including phenoxy) is 1. The molecule has 0 aromatic carbocycles. The van der Waals surface area contributed by atoms with Crippen molar-refractivity contribution < 1.29 is 9.53 Å². The molecule has 2 N–H and O–H groups in total. The third-order valence-corrected chi connectivity index (χ3v) is 3.98. The summed E-state index contributed by atoms with van der Waals surface area (Å²) in [6.45, 7) is 8.24. The topological polar surface area (TPSA) is 63.2 Å². The Balaban J connectivity index is 0.00000127. The highest BCUT2D eigenvalue weighted by atomic mass is 16.5. The Bertz CT molecular complexity index is 491. The fraction of sp³-hybridized carbons (Fsp3) is 0.667. The SMILES string of the molecule is CC.COc1nc(C)ccc1CNC1CCCCC1NC(C)=O. The van der Waals surface area contributed by atoms with E-state index in [-0.39, 0.29) is 11.9 Å². The monoisotopic (exact) mass is 321 g/mol. The fourth-order valence-corrected chi connectivity index (χ4v) is 2.92. The van der Waals surface area contributed by atoms with Crippen molar-refractivity contribution in [2.45, 2.75) is 72.0 Å². The zero-order chi connectivity index (χ0) is 17.2. The Hall–Kier alpha value is -1.62. The number of carbonyl (C=O) groups is 1. The Labute approximate surface area is 140 Å². The van der Waals surface area contributed by atoms with Crippen molar-refractivity contribution in [3.8, 4) is 5.88 Å². The van der Waals surface area contributed by atoms with Gasteiger partial charge in [-0.25, -0.2) is 4.98 Å². The number of aromatic nitrogens is 1. The second kappa shape index (κ2) is 10.2. The van der Waals surface area contributed by atoms with Crippen molar-refractivity contribution in [2.75, 3.05) is 7.11 Å². The molecule has 0 spiro atoms. The lowest BCUT2D eigenvalue weighted by Gasteiger charge is -2.32. The van der Waals surface area contributed by atoms with E-state index in [1.54, 1.807) is 14.0 Å². The van der Waals surface area contributed by atoms with Crippen LogP contribution in [0, 0.1) is 6.92 Å². The van der Waals surface area contributed by atoms with Gasteiger partial charge in [0.05, 0.1) is 7.11 Å². The van der Waals surface area contributed by atoms with Gasteiger partial charge in [0.25, 0.3) is 0 Å². The van der Waals surface area contributed by atoms with Gasteiger partial charge in [-0.1, -0.05) is 32.8 Å². The molecular weight excluding hydrogens is 290 g/mol. The number of rotatable bonds is 5. The molecule has 1 heterocycles. The molecular formula is C18H31N3O2. The average molecular weight is 321 g/mol. The summed E-state index contributed by atoms with van der Waals surface area (Å²) in [7, 11) is 1.64. The van der Waals surface area contributed by atoms with Crippen molar-refractivity contribution in [3.05, 3.63) is 23.4 Å². The number of nitrogens with zero attached hydrogens (tertiary/aromatic N) is 1. The van der Waals surface area contributed by atoms with E-state index >= 15 is 0 Å². The second-order valence-corrected chi connectivity index (χ2v) is 5.70. The molecule has 130 valence electrons. The Kier molecular flexibility index (Phi) is 8.62. The van der Waals surface area contributed by atoms with Gasteiger partial charge in [-0.3, -0.25) is 4.79 Å². The number of carbonyl (C=O) groups excluding carboxylic acids is 1. The minimum absolute atomic E-state index is 0.0447. The van der Waals surface area contributed by atoms with Crippen LogP contribution in [0.15, 0.2) is 12.1 Å². The Morgan fingerprint density at radius 2 is 1.91 bits per heavy atom. The van der Waals surface area contributed by atoms with Crippen LogP contribution < -0.4 is 15.4 Å². The molecule has 1 aliphatic rings. The molecule has 1 aromatic heterocycles. The van der Waals surface area contributed by atoms with Crippen LogP contribution in [0.25, 0.3) is 0 Å². The van der Waals surface area contributed by atoms with Crippen LogP contribution in [0.4, 0.5) is 0 Å². The molecule has 2 rings (SSSR count). The van der Waals surface area contributed by atoms with Gasteiger partial charge in [-0.15, -0.1) is 0 Å². The number of methoxy groups -OCH3 is 1. The smallest absolute Gasteiger partial charge is 0.217 e. The van der Waals surface area contributed by atoms with E-state index in [1.165, 1.54) is 12.8 Å². The Morgan fingerprint density at radius 1 is 1.26 bits per heavy atom. The molecule has 1 aromatic rings. The average Bonchev–Trinajstić information content (AvgIpc) is 2.56. The van der Waals surface area contributed by atoms with Crippen LogP contribution in [-0.2, 0) is 11.3 Å². The molecule has 2 unspecified atom stereocenters. The normalized spacial score (nSPS) is 20.2. The highest BCUT2D eigenvalue weighted by Crippen LogP contribution is 2.21. The highest BCUT2D eigenvalue weighted by Gasteiger charge is 2.25. The lowest BCUT2D eigenvalue weighted by atomic mass is 9.90. The first kappa shape index (κ1) is 19.4. The molecule has 1 fully saturated rings. The zero-order valence-electron chi connectivity index (χ0n) is 15.1. The van der Waals surface area contributed by atoms with Gasteiger partial charge < -0.3 is 15.4 Å². The summed E-state index contributed by atoms with van der Waals surface area (Å²) in [5.74, 6) is 0.720. The summed E-state index contributed by atoms with van der Waals surface area (Å²) in [6, 6.07) is 4.57. The summed E-state index contributed by atoms with van der Waals surface area (Å²) >= 11 is 0. The van der Waals surface area contributed by atoms with Crippen molar-refractivity contribution in [1.82, 2.24) is 15.6 Å². The molecule has 0 radical (unpaired) electrons. The maximum Gasteiger partial charge on any atom is 0.217 e. The molecule has 2 atom stereocenters. The van der Waals surface area contributed by atoms with Gasteiger partial charge >= 0.3 is 0 Å². The number of pyridine rings is 1. The van der Waals surface area contributed by atoms with Gasteiger partial charge in [-0.05, 0) is 25.8 Å². The minimum Gasteiger partial charge on any atom is -0.481 e. The van der Waals surface area contributed by atoms with Gasteiger partial charge in [0.2, 0.25) is 11.8 Å². The minimum atomic E-state index is 0.0447. The standard InChI is InChI=1S/C16H25N3O2.C2H6/c1-11-8-9-13(16(18-11)21-3)10-17-14-6-4-5-7-15(14)19-12(2)20;1-2/h8-9,14-15,17H,4-7,10H2,1-3H3,(H,19,20);1-2H3. The van der Waals surface area contributed by atoms with Crippen molar-refractivity contribution in [2.24, 2.45) is 0 Å². The number of nitrogens with one attached hydrogen (secondary N) is 2. The lowest BCUT2D eigenvalue weighted by Crippen LogP contribution is -2.50. The molecule has 0 bridgehead atoms. The summed E-state index contributed by atoms with van der Waals surface area (Å²) < 4.78 is 5.34. The summed E-state index contributed by atoms with van der Waals surface area (Å²) in [4.78, 5) is 15.7. The number of hydrogen-bond acceptors (Lipinski definition) is 4. The van der Waals surface area contributed by atoms with Crippen LogP contribution in [0.3, 0.4) is 0 Å². The molecule has 5 nitrogen and oxygen atoms in total. The van der Waals surface area contributed by atoms with E-state index < -0.39 is 0 Å². The molecule has 5 heteroatoms. The Morgan fingerprint density at radius 3 is 2.52 bits per heavy atom. The maximum absolute atomic E-state index is 11.3. The van der Waals surface area contributed by atoms with E-state index in [0.717, 1.165) is 24.1 Å². The van der Waals surface area contributed by atoms with Crippen molar-refractivity contribution in [3.63, 3.8) is 0 Å². The van der Waals surface area contributed by atoms with Crippen molar-refractivity contribution >= 4 is 5.91 Å². The van der Waals surface area contributed by atoms with E-state index in [9.17, 15) is 4.79 Å². The quantitative estimate of drug-likeness (QED) is 0.875. The van der Waals surface area contributed by atoms with Crippen LogP contribution in [0.1, 0.15) is 57.7 Å². The third kappa shape index (κ3) is 6.18. The summed E-state index contributed by atoms with van der Waals surface area (Å²) in [5.41, 5.74) is 2.00. The largest absolute Gasteiger partial charge is 0.481 e. The molecule has 23 heavy (non-hydrogen) atoms. The molecule has 1 aliphatic carbocycles. The highest BCUT2D eigenvalue weighted by molar-refractivity contribution is 5.73. The van der Waals surface area contributed by atoms with E-state index in [4.69, 9.17) is 4.74 Å². The van der Waals surface area contributed by atoms with Gasteiger partial charge in [0, 0.05) is 36.8 Å². The first-order chi connectivity index (χ1) is 11.1. The predicted octanol–water partition coefficient (Wildman–Crippen LogP) is 2.96. The second-order valence-electron chi connectivity index (χ2n) is 5.70. The summed E-state index contributed by atoms with van der Waals surface area (Å²) in [6.07, 6.45) is 4.52. The van der Waals surface area contributed by atoms with E-state index in [1.807, 2.05) is 32.9 Å². The van der Waals surface area contributed by atoms with Crippen LogP contribution in [0.2, 0.25) is 0 Å². The van der Waals surface area contributed by atoms with E-state index in [2.05, 4.69) is 15.6 Å². The fourth-order valence-electron chi connectivity index (χ4n) is 2.92. The molecule has 0 saturated heterocycles. The maximum atomic E-state index is 11.3. The molecule has 1 saturated carbocycles. The molecule has 1 amide bonds. The number of amides is 1. The van der Waals surface area contributed by atoms with Crippen LogP contribution in [0.5, 0.6) is 5.88 Å². The zero-order valence-corrected chi connectivity index (χ0v) is 15.1.